The van der Waals surface area contributed by atoms with Gasteiger partial charge in [0.05, 0.1) is 23.7 Å². The highest BCUT2D eigenvalue weighted by atomic mass is 32.2. The molecule has 2 aliphatic rings. The normalized spacial score (nSPS) is 29.8. The molecule has 1 aromatic rings. The fraction of sp³-hybridized carbons (Fsp3) is 0.600. The summed E-state index contributed by atoms with van der Waals surface area (Å²) in [7, 11) is -2.14. The van der Waals surface area contributed by atoms with Gasteiger partial charge in [-0.05, 0) is 31.4 Å². The number of hydrogen-bond donors (Lipinski definition) is 1. The van der Waals surface area contributed by atoms with Crippen LogP contribution in [0.5, 0.6) is 5.75 Å². The van der Waals surface area contributed by atoms with Gasteiger partial charge in [0, 0.05) is 25.8 Å². The van der Waals surface area contributed by atoms with Gasteiger partial charge >= 0.3 is 0 Å². The van der Waals surface area contributed by atoms with E-state index < -0.39 is 21.7 Å². The SMILES string of the molecule is COc1cccc(S(=O)(=O)N2CC[C@@]3(CCCO3)[C@@H](O)C2)c1. The molecule has 0 radical (unpaired) electrons. The minimum Gasteiger partial charge on any atom is -0.497 e. The molecule has 2 atom stereocenters. The zero-order valence-corrected chi connectivity index (χ0v) is 13.4. The van der Waals surface area contributed by atoms with Crippen molar-refractivity contribution in [3.8, 4) is 5.75 Å². The lowest BCUT2D eigenvalue weighted by Gasteiger charge is -2.41. The van der Waals surface area contributed by atoms with Crippen molar-refractivity contribution in [3.63, 3.8) is 0 Å². The molecule has 2 heterocycles. The first-order chi connectivity index (χ1) is 10.5. The minimum atomic E-state index is -3.64. The molecule has 2 saturated heterocycles. The average Bonchev–Trinajstić information content (AvgIpc) is 3.00. The van der Waals surface area contributed by atoms with E-state index >= 15 is 0 Å². The maximum Gasteiger partial charge on any atom is 0.243 e. The molecule has 6 nitrogen and oxygen atoms in total. The van der Waals surface area contributed by atoms with Crippen LogP contribution in [0.15, 0.2) is 29.2 Å². The van der Waals surface area contributed by atoms with E-state index in [-0.39, 0.29) is 11.4 Å². The molecular weight excluding hydrogens is 306 g/mol. The molecule has 3 rings (SSSR count). The van der Waals surface area contributed by atoms with Crippen LogP contribution in [0.1, 0.15) is 19.3 Å². The highest BCUT2D eigenvalue weighted by Gasteiger charge is 2.47. The lowest BCUT2D eigenvalue weighted by Crippen LogP contribution is -2.56. The lowest BCUT2D eigenvalue weighted by molar-refractivity contribution is -0.117. The number of benzene rings is 1. The second kappa shape index (κ2) is 5.81. The van der Waals surface area contributed by atoms with Gasteiger partial charge in [0.2, 0.25) is 10.0 Å². The maximum atomic E-state index is 12.7. The largest absolute Gasteiger partial charge is 0.497 e. The summed E-state index contributed by atoms with van der Waals surface area (Å²) in [6, 6.07) is 6.39. The Hall–Kier alpha value is -1.15. The number of aliphatic hydroxyl groups is 1. The molecular formula is C15H21NO5S. The summed E-state index contributed by atoms with van der Waals surface area (Å²) in [5.74, 6) is 0.495. The maximum absolute atomic E-state index is 12.7. The van der Waals surface area contributed by atoms with Crippen LogP contribution < -0.4 is 4.74 Å². The Kier molecular flexibility index (Phi) is 4.15. The molecule has 1 N–H and O–H groups in total. The van der Waals surface area contributed by atoms with Crippen LogP contribution in [-0.2, 0) is 14.8 Å². The quantitative estimate of drug-likeness (QED) is 0.896. The van der Waals surface area contributed by atoms with Crippen molar-refractivity contribution in [3.05, 3.63) is 24.3 Å². The van der Waals surface area contributed by atoms with Gasteiger partial charge in [-0.25, -0.2) is 8.42 Å². The third-order valence-electron chi connectivity index (χ3n) is 4.58. The van der Waals surface area contributed by atoms with Crippen molar-refractivity contribution in [1.82, 2.24) is 4.31 Å². The molecule has 0 unspecified atom stereocenters. The summed E-state index contributed by atoms with van der Waals surface area (Å²) in [6.07, 6.45) is 1.45. The van der Waals surface area contributed by atoms with E-state index in [0.29, 0.717) is 25.3 Å². The summed E-state index contributed by atoms with van der Waals surface area (Å²) in [5.41, 5.74) is -0.555. The smallest absolute Gasteiger partial charge is 0.243 e. The van der Waals surface area contributed by atoms with Gasteiger partial charge in [-0.2, -0.15) is 4.31 Å². The third kappa shape index (κ3) is 2.62. The monoisotopic (exact) mass is 327 g/mol. The second-order valence-corrected chi connectivity index (χ2v) is 7.76. The van der Waals surface area contributed by atoms with Crippen molar-refractivity contribution >= 4 is 10.0 Å². The van der Waals surface area contributed by atoms with E-state index in [9.17, 15) is 13.5 Å². The van der Waals surface area contributed by atoms with Gasteiger partial charge in [-0.1, -0.05) is 6.07 Å². The highest BCUT2D eigenvalue weighted by molar-refractivity contribution is 7.89. The topological polar surface area (TPSA) is 76.1 Å². The van der Waals surface area contributed by atoms with E-state index in [1.54, 1.807) is 18.2 Å². The van der Waals surface area contributed by atoms with Crippen molar-refractivity contribution in [2.24, 2.45) is 0 Å². The van der Waals surface area contributed by atoms with Gasteiger partial charge in [0.15, 0.2) is 0 Å². The van der Waals surface area contributed by atoms with Crippen molar-refractivity contribution in [1.29, 1.82) is 0 Å². The zero-order valence-electron chi connectivity index (χ0n) is 12.6. The number of β-amino-alcohol motifs (C(OH)–C–C–N with tert-alkyl or cyclic N) is 1. The number of ether oxygens (including phenoxy) is 2. The number of sulfonamides is 1. The first kappa shape index (κ1) is 15.7. The fourth-order valence-electron chi connectivity index (χ4n) is 3.24. The Morgan fingerprint density at radius 3 is 2.86 bits per heavy atom. The molecule has 2 fully saturated rings. The summed E-state index contributed by atoms with van der Waals surface area (Å²) in [5, 5.41) is 10.4. The number of nitrogens with zero attached hydrogens (tertiary/aromatic N) is 1. The van der Waals surface area contributed by atoms with Crippen LogP contribution in [-0.4, -0.2) is 56.3 Å². The van der Waals surface area contributed by atoms with Crippen LogP contribution >= 0.6 is 0 Å². The first-order valence-corrected chi connectivity index (χ1v) is 8.88. The molecule has 122 valence electrons. The van der Waals surface area contributed by atoms with Crippen LogP contribution in [0.3, 0.4) is 0 Å². The number of piperidine rings is 1. The molecule has 0 aromatic heterocycles. The Labute approximate surface area is 130 Å². The highest BCUT2D eigenvalue weighted by Crippen LogP contribution is 2.37. The van der Waals surface area contributed by atoms with E-state index in [0.717, 1.165) is 12.8 Å². The van der Waals surface area contributed by atoms with Crippen molar-refractivity contribution < 1.29 is 23.0 Å². The van der Waals surface area contributed by atoms with E-state index in [4.69, 9.17) is 9.47 Å². The van der Waals surface area contributed by atoms with Crippen LogP contribution in [0.2, 0.25) is 0 Å². The van der Waals surface area contributed by atoms with E-state index in [2.05, 4.69) is 0 Å². The number of rotatable bonds is 3. The Bertz CT molecular complexity index is 639. The predicted octanol–water partition coefficient (Wildman–Crippen LogP) is 1.000. The molecule has 0 aliphatic carbocycles. The lowest BCUT2D eigenvalue weighted by atomic mass is 9.87. The summed E-state index contributed by atoms with van der Waals surface area (Å²) < 4.78 is 37.6. The molecule has 0 amide bonds. The van der Waals surface area contributed by atoms with Crippen molar-refractivity contribution in [2.75, 3.05) is 26.8 Å². The fourth-order valence-corrected chi connectivity index (χ4v) is 4.72. The Morgan fingerprint density at radius 1 is 1.41 bits per heavy atom. The van der Waals surface area contributed by atoms with Crippen LogP contribution in [0.25, 0.3) is 0 Å². The molecule has 0 saturated carbocycles. The number of hydrogen-bond acceptors (Lipinski definition) is 5. The second-order valence-electron chi connectivity index (χ2n) is 5.82. The predicted molar refractivity (Wildman–Crippen MR) is 80.3 cm³/mol. The number of aliphatic hydroxyl groups excluding tert-OH is 1. The van der Waals surface area contributed by atoms with E-state index in [1.165, 1.54) is 17.5 Å². The zero-order chi connectivity index (χ0) is 15.8. The standard InChI is InChI=1S/C15H21NO5S/c1-20-12-4-2-5-13(10-12)22(18,19)16-8-7-15(14(17)11-16)6-3-9-21-15/h2,4-5,10,14,17H,3,6-9,11H2,1H3/t14-,15-/m0/s1. The van der Waals surface area contributed by atoms with Crippen LogP contribution in [0.4, 0.5) is 0 Å². The minimum absolute atomic E-state index is 0.0690. The van der Waals surface area contributed by atoms with Gasteiger partial charge < -0.3 is 14.6 Å². The van der Waals surface area contributed by atoms with Gasteiger partial charge in [-0.15, -0.1) is 0 Å². The van der Waals surface area contributed by atoms with Gasteiger partial charge in [0.1, 0.15) is 5.75 Å². The van der Waals surface area contributed by atoms with Crippen molar-refractivity contribution in [2.45, 2.75) is 35.9 Å². The first-order valence-electron chi connectivity index (χ1n) is 7.44. The molecule has 2 aliphatic heterocycles. The average molecular weight is 327 g/mol. The molecule has 0 bridgehead atoms. The van der Waals surface area contributed by atoms with E-state index in [1.807, 2.05) is 0 Å². The summed E-state index contributed by atoms with van der Waals surface area (Å²) in [6.45, 7) is 1.07. The van der Waals surface area contributed by atoms with Gasteiger partial charge in [0.25, 0.3) is 0 Å². The summed E-state index contributed by atoms with van der Waals surface area (Å²) in [4.78, 5) is 0.183. The Balaban J connectivity index is 1.81. The molecule has 1 aromatic carbocycles. The van der Waals surface area contributed by atoms with Gasteiger partial charge in [-0.3, -0.25) is 0 Å². The molecule has 22 heavy (non-hydrogen) atoms. The third-order valence-corrected chi connectivity index (χ3v) is 6.44. The molecule has 1 spiro atoms. The Morgan fingerprint density at radius 2 is 2.23 bits per heavy atom. The van der Waals surface area contributed by atoms with Crippen LogP contribution in [0, 0.1) is 0 Å². The summed E-state index contributed by atoms with van der Waals surface area (Å²) >= 11 is 0. The molecule has 7 heteroatoms. The number of methoxy groups -OCH3 is 1.